The number of carbonyl (C=O) groups is 1. The third-order valence-electron chi connectivity index (χ3n) is 4.65. The highest BCUT2D eigenvalue weighted by Gasteiger charge is 2.39. The number of rotatable bonds is 2. The third kappa shape index (κ3) is 2.29. The van der Waals surface area contributed by atoms with Crippen molar-refractivity contribution in [1.82, 2.24) is 9.78 Å². The van der Waals surface area contributed by atoms with E-state index in [1.54, 1.807) is 10.9 Å². The number of benzene rings is 2. The fraction of sp³-hybridized carbons (Fsp3) is 0.263. The van der Waals surface area contributed by atoms with Crippen molar-refractivity contribution in [3.63, 3.8) is 0 Å². The zero-order valence-electron chi connectivity index (χ0n) is 13.7. The van der Waals surface area contributed by atoms with Gasteiger partial charge in [0.25, 0.3) is 0 Å². The minimum absolute atomic E-state index is 0.0259. The smallest absolute Gasteiger partial charge is 0.248 e. The molecule has 0 atom stereocenters. The van der Waals surface area contributed by atoms with Gasteiger partial charge >= 0.3 is 0 Å². The quantitative estimate of drug-likeness (QED) is 0.707. The van der Waals surface area contributed by atoms with Gasteiger partial charge in [0.15, 0.2) is 0 Å². The topological polar surface area (TPSA) is 38.1 Å². The van der Waals surface area contributed by atoms with Crippen LogP contribution in [0.1, 0.15) is 19.4 Å². The van der Waals surface area contributed by atoms with E-state index in [1.165, 1.54) is 0 Å². The van der Waals surface area contributed by atoms with Crippen LogP contribution in [0.15, 0.2) is 48.7 Å². The predicted molar refractivity (Wildman–Crippen MR) is 96.6 cm³/mol. The average Bonchev–Trinajstić information content (AvgIpc) is 3.07. The van der Waals surface area contributed by atoms with Gasteiger partial charge in [-0.25, -0.2) is 0 Å². The molecule has 5 heteroatoms. The molecule has 0 saturated heterocycles. The second-order valence-electron chi connectivity index (χ2n) is 6.86. The Kier molecular flexibility index (Phi) is 3.39. The first kappa shape index (κ1) is 15.2. The lowest BCUT2D eigenvalue weighted by Gasteiger charge is -2.21. The van der Waals surface area contributed by atoms with Crippen LogP contribution >= 0.6 is 11.6 Å². The van der Waals surface area contributed by atoms with Crippen LogP contribution in [-0.4, -0.2) is 22.2 Å². The molecule has 0 radical (unpaired) electrons. The lowest BCUT2D eigenvalue weighted by Crippen LogP contribution is -2.36. The normalized spacial score (nSPS) is 15.7. The second-order valence-corrected chi connectivity index (χ2v) is 7.27. The Morgan fingerprint density at radius 3 is 2.83 bits per heavy atom. The molecule has 2 heterocycles. The van der Waals surface area contributed by atoms with E-state index >= 15 is 0 Å². The number of anilines is 1. The molecule has 0 fully saturated rings. The van der Waals surface area contributed by atoms with Gasteiger partial charge in [-0.15, -0.1) is 0 Å². The summed E-state index contributed by atoms with van der Waals surface area (Å²) in [6.07, 6.45) is 1.79. The fourth-order valence-corrected chi connectivity index (χ4v) is 3.98. The first-order valence-electron chi connectivity index (χ1n) is 7.97. The molecule has 3 aromatic rings. The number of carbonyl (C=O) groups excluding carboxylic acids is 1. The van der Waals surface area contributed by atoms with Gasteiger partial charge < -0.3 is 4.90 Å². The number of hydrogen-bond donors (Lipinski definition) is 0. The molecule has 4 nitrogen and oxygen atoms in total. The van der Waals surface area contributed by atoms with Crippen molar-refractivity contribution >= 4 is 34.1 Å². The molecule has 1 aliphatic heterocycles. The number of para-hydroxylation sites is 1. The van der Waals surface area contributed by atoms with E-state index in [4.69, 9.17) is 11.6 Å². The zero-order chi connectivity index (χ0) is 16.9. The molecule has 2 aromatic carbocycles. The highest BCUT2D eigenvalue weighted by atomic mass is 35.5. The summed E-state index contributed by atoms with van der Waals surface area (Å²) in [5.74, 6) is 0.0259. The number of aromatic nitrogens is 2. The van der Waals surface area contributed by atoms with E-state index in [1.807, 2.05) is 47.4 Å². The summed E-state index contributed by atoms with van der Waals surface area (Å²) in [5.41, 5.74) is 2.77. The van der Waals surface area contributed by atoms with E-state index in [2.05, 4.69) is 18.9 Å². The molecule has 0 saturated carbocycles. The van der Waals surface area contributed by atoms with Gasteiger partial charge in [0, 0.05) is 33.6 Å². The lowest BCUT2D eigenvalue weighted by atomic mass is 9.87. The van der Waals surface area contributed by atoms with E-state index in [-0.39, 0.29) is 17.9 Å². The lowest BCUT2D eigenvalue weighted by molar-refractivity contribution is -0.119. The Morgan fingerprint density at radius 2 is 2.00 bits per heavy atom. The van der Waals surface area contributed by atoms with Crippen molar-refractivity contribution in [2.45, 2.75) is 25.8 Å². The molecule has 4 rings (SSSR count). The molecule has 0 spiro atoms. The van der Waals surface area contributed by atoms with Crippen molar-refractivity contribution in [2.24, 2.45) is 0 Å². The minimum Gasteiger partial charge on any atom is -0.310 e. The molecule has 1 aliphatic rings. The highest BCUT2D eigenvalue weighted by Crippen LogP contribution is 2.44. The maximum Gasteiger partial charge on any atom is 0.248 e. The number of halogens is 1. The Morgan fingerprint density at radius 1 is 1.21 bits per heavy atom. The largest absolute Gasteiger partial charge is 0.310 e. The molecule has 0 bridgehead atoms. The van der Waals surface area contributed by atoms with Crippen molar-refractivity contribution < 1.29 is 4.79 Å². The molecule has 0 unspecified atom stereocenters. The maximum absolute atomic E-state index is 12.9. The molecule has 1 amide bonds. The molecule has 1 aromatic heterocycles. The van der Waals surface area contributed by atoms with Gasteiger partial charge in [0.2, 0.25) is 5.91 Å². The zero-order valence-corrected chi connectivity index (χ0v) is 14.4. The van der Waals surface area contributed by atoms with Gasteiger partial charge in [-0.1, -0.05) is 49.7 Å². The summed E-state index contributed by atoms with van der Waals surface area (Å²) in [4.78, 5) is 14.8. The monoisotopic (exact) mass is 339 g/mol. The van der Waals surface area contributed by atoms with Crippen LogP contribution < -0.4 is 4.90 Å². The highest BCUT2D eigenvalue weighted by molar-refractivity contribution is 6.32. The van der Waals surface area contributed by atoms with Crippen molar-refractivity contribution in [2.75, 3.05) is 11.4 Å². The minimum atomic E-state index is -0.157. The van der Waals surface area contributed by atoms with Gasteiger partial charge in [-0.3, -0.25) is 9.48 Å². The van der Waals surface area contributed by atoms with Crippen molar-refractivity contribution in [3.8, 4) is 0 Å². The first-order chi connectivity index (χ1) is 11.5. The number of amides is 1. The van der Waals surface area contributed by atoms with Gasteiger partial charge in [-0.05, 0) is 18.2 Å². The van der Waals surface area contributed by atoms with Crippen LogP contribution in [-0.2, 0) is 16.8 Å². The van der Waals surface area contributed by atoms with Gasteiger partial charge in [0.1, 0.15) is 6.54 Å². The SMILES string of the molecule is CC1(C)CN(C(=O)Cn2ncc3ccccc32)c2cccc(Cl)c21. The molecular formula is C19H18ClN3O. The number of nitrogens with zero attached hydrogens (tertiary/aromatic N) is 3. The van der Waals surface area contributed by atoms with Crippen LogP contribution in [0.4, 0.5) is 5.69 Å². The van der Waals surface area contributed by atoms with Crippen LogP contribution in [0.25, 0.3) is 10.9 Å². The average molecular weight is 340 g/mol. The Bertz CT molecular complexity index is 945. The standard InChI is InChI=1S/C19H18ClN3O/c1-19(2)12-22(16-9-5-7-14(20)18(16)19)17(24)11-23-15-8-4-3-6-13(15)10-21-23/h3-10H,11-12H2,1-2H3. The number of fused-ring (bicyclic) bond motifs is 2. The van der Waals surface area contributed by atoms with E-state index in [9.17, 15) is 4.79 Å². The molecular weight excluding hydrogens is 322 g/mol. The second kappa shape index (κ2) is 5.35. The summed E-state index contributed by atoms with van der Waals surface area (Å²) in [5, 5.41) is 6.12. The van der Waals surface area contributed by atoms with Gasteiger partial charge in [0.05, 0.1) is 11.7 Å². The maximum atomic E-state index is 12.9. The molecule has 0 aliphatic carbocycles. The summed E-state index contributed by atoms with van der Waals surface area (Å²) < 4.78 is 1.76. The van der Waals surface area contributed by atoms with E-state index in [0.717, 1.165) is 27.2 Å². The van der Waals surface area contributed by atoms with Crippen LogP contribution in [0.3, 0.4) is 0 Å². The van der Waals surface area contributed by atoms with Crippen LogP contribution in [0.2, 0.25) is 5.02 Å². The molecule has 24 heavy (non-hydrogen) atoms. The van der Waals surface area contributed by atoms with Crippen molar-refractivity contribution in [1.29, 1.82) is 0 Å². The fourth-order valence-electron chi connectivity index (χ4n) is 3.56. The van der Waals surface area contributed by atoms with E-state index < -0.39 is 0 Å². The summed E-state index contributed by atoms with van der Waals surface area (Å²) in [6, 6.07) is 13.7. The Balaban J connectivity index is 1.68. The summed E-state index contributed by atoms with van der Waals surface area (Å²) in [7, 11) is 0. The Labute approximate surface area is 145 Å². The van der Waals surface area contributed by atoms with Gasteiger partial charge in [-0.2, -0.15) is 5.10 Å². The molecule has 0 N–H and O–H groups in total. The molecule has 122 valence electrons. The van der Waals surface area contributed by atoms with Crippen LogP contribution in [0, 0.1) is 0 Å². The van der Waals surface area contributed by atoms with E-state index in [0.29, 0.717) is 6.54 Å². The number of hydrogen-bond acceptors (Lipinski definition) is 2. The predicted octanol–water partition coefficient (Wildman–Crippen LogP) is 4.01. The summed E-state index contributed by atoms with van der Waals surface area (Å²) >= 11 is 6.39. The van der Waals surface area contributed by atoms with Crippen molar-refractivity contribution in [3.05, 3.63) is 59.2 Å². The van der Waals surface area contributed by atoms with Crippen LogP contribution in [0.5, 0.6) is 0 Å². The first-order valence-corrected chi connectivity index (χ1v) is 8.35. The third-order valence-corrected chi connectivity index (χ3v) is 4.96. The summed E-state index contributed by atoms with van der Waals surface area (Å²) in [6.45, 7) is 5.09. The Hall–Kier alpha value is -2.33.